The van der Waals surface area contributed by atoms with Crippen molar-refractivity contribution in [2.24, 2.45) is 5.41 Å². The van der Waals surface area contributed by atoms with Crippen LogP contribution >= 0.6 is 0 Å². The highest BCUT2D eigenvalue weighted by Crippen LogP contribution is 2.25. The number of nitrogens with zero attached hydrogens (tertiary/aromatic N) is 1. The Labute approximate surface area is 98.3 Å². The fourth-order valence-electron chi connectivity index (χ4n) is 1.58. The highest BCUT2D eigenvalue weighted by molar-refractivity contribution is 6.01. The van der Waals surface area contributed by atoms with Crippen LogP contribution in [0.2, 0.25) is 0 Å². The first-order chi connectivity index (χ1) is 7.23. The molecule has 0 atom stereocenters. The Balaban J connectivity index is 3.14. The van der Waals surface area contributed by atoms with E-state index in [1.807, 2.05) is 58.8 Å². The Kier molecular flexibility index (Phi) is 3.41. The van der Waals surface area contributed by atoms with E-state index in [0.717, 1.165) is 16.8 Å². The van der Waals surface area contributed by atoms with E-state index in [1.165, 1.54) is 0 Å². The van der Waals surface area contributed by atoms with Gasteiger partial charge < -0.3 is 4.90 Å². The van der Waals surface area contributed by atoms with Crippen LogP contribution in [0.3, 0.4) is 0 Å². The summed E-state index contributed by atoms with van der Waals surface area (Å²) in [7, 11) is 4.00. The molecule has 0 aromatic heterocycles. The van der Waals surface area contributed by atoms with Crippen LogP contribution < -0.4 is 4.90 Å². The molecule has 0 bridgehead atoms. The van der Waals surface area contributed by atoms with Crippen molar-refractivity contribution in [2.75, 3.05) is 19.0 Å². The summed E-state index contributed by atoms with van der Waals surface area (Å²) in [5.74, 6) is 0.204. The second-order valence-electron chi connectivity index (χ2n) is 5.47. The number of rotatable bonds is 2. The molecule has 1 aromatic rings. The van der Waals surface area contributed by atoms with Gasteiger partial charge in [0.2, 0.25) is 0 Å². The molecule has 0 heterocycles. The molecule has 1 aromatic carbocycles. The van der Waals surface area contributed by atoms with E-state index in [1.54, 1.807) is 0 Å². The SMILES string of the molecule is Cc1cc(N(C)C)ccc1C(=O)C(C)(C)C. The van der Waals surface area contributed by atoms with Crippen LogP contribution in [0, 0.1) is 12.3 Å². The predicted octanol–water partition coefficient (Wildman–Crippen LogP) is 3.29. The normalized spacial score (nSPS) is 11.4. The van der Waals surface area contributed by atoms with Crippen LogP contribution in [0.1, 0.15) is 36.7 Å². The zero-order valence-corrected chi connectivity index (χ0v) is 11.1. The first-order valence-corrected chi connectivity index (χ1v) is 5.56. The minimum absolute atomic E-state index is 0.204. The molecule has 1 rings (SSSR count). The molecule has 2 heteroatoms. The van der Waals surface area contributed by atoms with Gasteiger partial charge in [0.1, 0.15) is 0 Å². The van der Waals surface area contributed by atoms with Crippen molar-refractivity contribution >= 4 is 11.5 Å². The average molecular weight is 219 g/mol. The number of anilines is 1. The highest BCUT2D eigenvalue weighted by Gasteiger charge is 2.24. The van der Waals surface area contributed by atoms with E-state index in [2.05, 4.69) is 6.07 Å². The third kappa shape index (κ3) is 2.63. The second kappa shape index (κ2) is 4.28. The Morgan fingerprint density at radius 3 is 2.12 bits per heavy atom. The molecular weight excluding hydrogens is 198 g/mol. The molecule has 0 unspecified atom stereocenters. The Hall–Kier alpha value is -1.31. The smallest absolute Gasteiger partial charge is 0.168 e. The highest BCUT2D eigenvalue weighted by atomic mass is 16.1. The summed E-state index contributed by atoms with van der Waals surface area (Å²) in [5, 5.41) is 0. The van der Waals surface area contributed by atoms with Gasteiger partial charge in [-0.1, -0.05) is 20.8 Å². The number of hydrogen-bond donors (Lipinski definition) is 0. The van der Waals surface area contributed by atoms with Gasteiger partial charge in [-0.05, 0) is 30.7 Å². The van der Waals surface area contributed by atoms with Crippen molar-refractivity contribution < 1.29 is 4.79 Å². The molecule has 0 aliphatic carbocycles. The van der Waals surface area contributed by atoms with Crippen LogP contribution in [0.15, 0.2) is 18.2 Å². The minimum atomic E-state index is -0.315. The van der Waals surface area contributed by atoms with E-state index in [9.17, 15) is 4.79 Å². The average Bonchev–Trinajstić information content (AvgIpc) is 2.15. The zero-order chi connectivity index (χ0) is 12.5. The molecule has 0 fully saturated rings. The lowest BCUT2D eigenvalue weighted by Crippen LogP contribution is -2.21. The van der Waals surface area contributed by atoms with Crippen molar-refractivity contribution in [1.29, 1.82) is 0 Å². The Morgan fingerprint density at radius 1 is 1.19 bits per heavy atom. The fraction of sp³-hybridized carbons (Fsp3) is 0.500. The molecule has 0 saturated carbocycles. The topological polar surface area (TPSA) is 20.3 Å². The summed E-state index contributed by atoms with van der Waals surface area (Å²) in [6.07, 6.45) is 0. The number of hydrogen-bond acceptors (Lipinski definition) is 2. The van der Waals surface area contributed by atoms with E-state index >= 15 is 0 Å². The van der Waals surface area contributed by atoms with E-state index < -0.39 is 0 Å². The summed E-state index contributed by atoms with van der Waals surface area (Å²) in [5.41, 5.74) is 2.69. The number of benzene rings is 1. The van der Waals surface area contributed by atoms with Crippen LogP contribution in [-0.2, 0) is 0 Å². The predicted molar refractivity (Wildman–Crippen MR) is 69.3 cm³/mol. The molecule has 16 heavy (non-hydrogen) atoms. The van der Waals surface area contributed by atoms with Gasteiger partial charge in [0, 0.05) is 30.8 Å². The van der Waals surface area contributed by atoms with Crippen LogP contribution in [0.4, 0.5) is 5.69 Å². The van der Waals surface area contributed by atoms with E-state index in [4.69, 9.17) is 0 Å². The molecule has 0 aliphatic rings. The monoisotopic (exact) mass is 219 g/mol. The maximum atomic E-state index is 12.2. The number of carbonyl (C=O) groups excluding carboxylic acids is 1. The van der Waals surface area contributed by atoms with Crippen molar-refractivity contribution in [3.05, 3.63) is 29.3 Å². The summed E-state index contributed by atoms with van der Waals surface area (Å²) in [4.78, 5) is 14.2. The summed E-state index contributed by atoms with van der Waals surface area (Å²) in [6, 6.07) is 5.98. The standard InChI is InChI=1S/C14H21NO/c1-10-9-11(15(5)6)7-8-12(10)13(16)14(2,3)4/h7-9H,1-6H3. The molecule has 0 spiro atoms. The van der Waals surface area contributed by atoms with Gasteiger partial charge in [-0.2, -0.15) is 0 Å². The quantitative estimate of drug-likeness (QED) is 0.711. The molecule has 2 nitrogen and oxygen atoms in total. The van der Waals surface area contributed by atoms with Crippen LogP contribution in [0.5, 0.6) is 0 Å². The second-order valence-corrected chi connectivity index (χ2v) is 5.47. The lowest BCUT2D eigenvalue weighted by atomic mass is 9.85. The first kappa shape index (κ1) is 12.8. The number of aryl methyl sites for hydroxylation is 1. The maximum absolute atomic E-state index is 12.2. The molecule has 0 N–H and O–H groups in total. The number of ketones is 1. The van der Waals surface area contributed by atoms with E-state index in [0.29, 0.717) is 0 Å². The first-order valence-electron chi connectivity index (χ1n) is 5.56. The largest absolute Gasteiger partial charge is 0.378 e. The lowest BCUT2D eigenvalue weighted by Gasteiger charge is -2.20. The van der Waals surface area contributed by atoms with Gasteiger partial charge in [0.05, 0.1) is 0 Å². The third-order valence-corrected chi connectivity index (χ3v) is 2.65. The summed E-state index contributed by atoms with van der Waals surface area (Å²) < 4.78 is 0. The molecule has 0 amide bonds. The van der Waals surface area contributed by atoms with E-state index in [-0.39, 0.29) is 11.2 Å². The molecule has 0 radical (unpaired) electrons. The van der Waals surface area contributed by atoms with Crippen LogP contribution in [0.25, 0.3) is 0 Å². The van der Waals surface area contributed by atoms with Crippen LogP contribution in [-0.4, -0.2) is 19.9 Å². The zero-order valence-electron chi connectivity index (χ0n) is 11.1. The van der Waals surface area contributed by atoms with Gasteiger partial charge in [-0.3, -0.25) is 4.79 Å². The Bertz CT molecular complexity index is 400. The van der Waals surface area contributed by atoms with Crippen molar-refractivity contribution in [1.82, 2.24) is 0 Å². The van der Waals surface area contributed by atoms with Gasteiger partial charge in [0.15, 0.2) is 5.78 Å². The van der Waals surface area contributed by atoms with Gasteiger partial charge in [-0.25, -0.2) is 0 Å². The minimum Gasteiger partial charge on any atom is -0.378 e. The molecular formula is C14H21NO. The number of Topliss-reactive ketones (excluding diaryl/α,β-unsaturated/α-hetero) is 1. The number of carbonyl (C=O) groups is 1. The van der Waals surface area contributed by atoms with Crippen molar-refractivity contribution in [3.63, 3.8) is 0 Å². The van der Waals surface area contributed by atoms with Crippen molar-refractivity contribution in [2.45, 2.75) is 27.7 Å². The maximum Gasteiger partial charge on any atom is 0.168 e. The lowest BCUT2D eigenvalue weighted by molar-refractivity contribution is 0.0857. The fourth-order valence-corrected chi connectivity index (χ4v) is 1.58. The summed E-state index contributed by atoms with van der Waals surface area (Å²) >= 11 is 0. The van der Waals surface area contributed by atoms with Crippen molar-refractivity contribution in [3.8, 4) is 0 Å². The van der Waals surface area contributed by atoms with Gasteiger partial charge in [0.25, 0.3) is 0 Å². The molecule has 88 valence electrons. The Morgan fingerprint density at radius 2 is 1.75 bits per heavy atom. The summed E-state index contributed by atoms with van der Waals surface area (Å²) in [6.45, 7) is 7.85. The molecule has 0 aliphatic heterocycles. The van der Waals surface area contributed by atoms with Gasteiger partial charge >= 0.3 is 0 Å². The molecule has 0 saturated heterocycles. The van der Waals surface area contributed by atoms with Gasteiger partial charge in [-0.15, -0.1) is 0 Å². The third-order valence-electron chi connectivity index (χ3n) is 2.65.